The number of rotatable bonds is 82. The van der Waals surface area contributed by atoms with Crippen LogP contribution in [0.4, 0.5) is 0 Å². The molecule has 3 N–H and O–H groups in total. The van der Waals surface area contributed by atoms with E-state index in [9.17, 15) is 43.2 Å². The van der Waals surface area contributed by atoms with Crippen LogP contribution in [0.15, 0.2) is 0 Å². The Hall–Kier alpha value is -1.94. The molecule has 0 aliphatic heterocycles. The van der Waals surface area contributed by atoms with Gasteiger partial charge in [-0.05, 0) is 43.4 Å². The zero-order valence-corrected chi connectivity index (χ0v) is 69.6. The average Bonchev–Trinajstić information content (AvgIpc) is 0.933. The molecular formula is C84H164O17P2. The molecule has 2 unspecified atom stereocenters. The molecular weight excluding hydrogens is 1340 g/mol. The highest BCUT2D eigenvalue weighted by Gasteiger charge is 2.30. The smallest absolute Gasteiger partial charge is 0.462 e. The number of aliphatic hydroxyl groups is 1. The van der Waals surface area contributed by atoms with Crippen LogP contribution in [-0.2, 0) is 65.4 Å². The fourth-order valence-corrected chi connectivity index (χ4v) is 14.6. The molecule has 19 heteroatoms. The van der Waals surface area contributed by atoms with E-state index in [1.54, 1.807) is 0 Å². The largest absolute Gasteiger partial charge is 0.472 e. The first-order valence-electron chi connectivity index (χ1n) is 43.3. The second-order valence-electron chi connectivity index (χ2n) is 31.6. The van der Waals surface area contributed by atoms with Crippen LogP contribution >= 0.6 is 15.6 Å². The van der Waals surface area contributed by atoms with Gasteiger partial charge in [0.15, 0.2) is 12.2 Å². The third-order valence-electron chi connectivity index (χ3n) is 19.6. The minimum absolute atomic E-state index is 0.106. The van der Waals surface area contributed by atoms with Gasteiger partial charge in [0.25, 0.3) is 0 Å². The first-order chi connectivity index (χ1) is 49.7. The van der Waals surface area contributed by atoms with Crippen LogP contribution in [0.1, 0.15) is 440 Å². The van der Waals surface area contributed by atoms with Crippen molar-refractivity contribution in [3.05, 3.63) is 0 Å². The summed E-state index contributed by atoms with van der Waals surface area (Å²) >= 11 is 0. The Morgan fingerprint density at radius 3 is 0.660 bits per heavy atom. The maximum absolute atomic E-state index is 13.1. The van der Waals surface area contributed by atoms with E-state index in [0.29, 0.717) is 31.6 Å². The summed E-state index contributed by atoms with van der Waals surface area (Å²) in [6.45, 7) is 11.9. The molecule has 5 atom stereocenters. The number of carbonyl (C=O) groups is 4. The summed E-state index contributed by atoms with van der Waals surface area (Å²) in [7, 11) is -9.93. The maximum atomic E-state index is 13.1. The van der Waals surface area contributed by atoms with E-state index in [2.05, 4.69) is 48.5 Å². The van der Waals surface area contributed by atoms with Gasteiger partial charge in [0.2, 0.25) is 0 Å². The van der Waals surface area contributed by atoms with Crippen molar-refractivity contribution in [1.29, 1.82) is 0 Å². The molecule has 612 valence electrons. The van der Waals surface area contributed by atoms with Gasteiger partial charge in [0, 0.05) is 25.7 Å². The highest BCUT2D eigenvalue weighted by atomic mass is 31.2. The molecule has 0 heterocycles. The number of phosphoric acid groups is 2. The lowest BCUT2D eigenvalue weighted by atomic mass is 10.0. The van der Waals surface area contributed by atoms with Crippen molar-refractivity contribution in [3.63, 3.8) is 0 Å². The van der Waals surface area contributed by atoms with Gasteiger partial charge < -0.3 is 33.8 Å². The van der Waals surface area contributed by atoms with Gasteiger partial charge in [0.1, 0.15) is 19.3 Å². The zero-order valence-electron chi connectivity index (χ0n) is 67.8. The molecule has 0 fully saturated rings. The van der Waals surface area contributed by atoms with E-state index in [0.717, 1.165) is 108 Å². The normalized spacial score (nSPS) is 13.9. The van der Waals surface area contributed by atoms with Gasteiger partial charge in [-0.15, -0.1) is 0 Å². The summed E-state index contributed by atoms with van der Waals surface area (Å²) in [4.78, 5) is 73.1. The fraction of sp³-hybridized carbons (Fsp3) is 0.952. The summed E-state index contributed by atoms with van der Waals surface area (Å²) in [6.07, 6.45) is 64.0. The standard InChI is InChI=1S/C84H164O17P2/c1-8-9-10-11-12-13-14-15-16-17-18-19-20-21-22-27-33-38-45-53-60-67-83(88)100-79(71-94-81(86)65-58-51-44-37-32-28-23-25-30-35-41-48-55-62-75(2)3)73-98-102(90,91)96-69-78(85)70-97-103(92,93)99-74-80(72-95-82(87)66-59-52-47-40-43-50-57-64-77(6)7)101-84(89)68-61-54-46-39-34-29-24-26-31-36-42-49-56-63-76(4)5/h75-80,85H,8-74H2,1-7H3,(H,90,91)(H,92,93)/t78-,79-,80-/m1/s1. The monoisotopic (exact) mass is 1510 g/mol. The van der Waals surface area contributed by atoms with Crippen LogP contribution < -0.4 is 0 Å². The Kier molecular flexibility index (Phi) is 72.8. The molecule has 0 radical (unpaired) electrons. The summed E-state index contributed by atoms with van der Waals surface area (Å²) < 4.78 is 68.8. The van der Waals surface area contributed by atoms with Gasteiger partial charge >= 0.3 is 39.5 Å². The summed E-state index contributed by atoms with van der Waals surface area (Å²) in [5.74, 6) is 0.174. The van der Waals surface area contributed by atoms with E-state index in [1.165, 1.54) is 244 Å². The lowest BCUT2D eigenvalue weighted by Gasteiger charge is -2.21. The van der Waals surface area contributed by atoms with Crippen LogP contribution in [0.2, 0.25) is 0 Å². The number of unbranched alkanes of at least 4 members (excludes halogenated alkanes) is 50. The van der Waals surface area contributed by atoms with Crippen LogP contribution in [0, 0.1) is 17.8 Å². The maximum Gasteiger partial charge on any atom is 0.472 e. The van der Waals surface area contributed by atoms with Gasteiger partial charge in [0.05, 0.1) is 26.4 Å². The molecule has 0 aliphatic rings. The Bertz CT molecular complexity index is 1990. The first-order valence-corrected chi connectivity index (χ1v) is 46.3. The minimum atomic E-state index is -4.96. The van der Waals surface area contributed by atoms with E-state index in [-0.39, 0.29) is 25.7 Å². The second kappa shape index (κ2) is 74.2. The van der Waals surface area contributed by atoms with E-state index < -0.39 is 97.5 Å². The molecule has 0 aromatic heterocycles. The Morgan fingerprint density at radius 1 is 0.262 bits per heavy atom. The van der Waals surface area contributed by atoms with Crippen molar-refractivity contribution < 1.29 is 80.2 Å². The average molecular weight is 1510 g/mol. The Balaban J connectivity index is 5.23. The van der Waals surface area contributed by atoms with E-state index >= 15 is 0 Å². The van der Waals surface area contributed by atoms with Crippen LogP contribution in [-0.4, -0.2) is 96.7 Å². The molecule has 0 bridgehead atoms. The molecule has 0 saturated carbocycles. The molecule has 0 amide bonds. The predicted molar refractivity (Wildman–Crippen MR) is 423 cm³/mol. The number of carbonyl (C=O) groups excluding carboxylic acids is 4. The van der Waals surface area contributed by atoms with Crippen molar-refractivity contribution >= 4 is 39.5 Å². The lowest BCUT2D eigenvalue weighted by molar-refractivity contribution is -0.161. The number of esters is 4. The lowest BCUT2D eigenvalue weighted by Crippen LogP contribution is -2.30. The minimum Gasteiger partial charge on any atom is -0.462 e. The third-order valence-corrected chi connectivity index (χ3v) is 21.5. The van der Waals surface area contributed by atoms with Crippen molar-refractivity contribution in [1.82, 2.24) is 0 Å². The summed E-state index contributed by atoms with van der Waals surface area (Å²) in [6, 6.07) is 0. The highest BCUT2D eigenvalue weighted by Crippen LogP contribution is 2.45. The quantitative estimate of drug-likeness (QED) is 0.0222. The molecule has 0 rings (SSSR count). The van der Waals surface area contributed by atoms with Crippen molar-refractivity contribution in [2.24, 2.45) is 17.8 Å². The van der Waals surface area contributed by atoms with E-state index in [4.69, 9.17) is 37.0 Å². The Morgan fingerprint density at radius 2 is 0.447 bits per heavy atom. The molecule has 0 saturated heterocycles. The Labute approximate surface area is 632 Å². The first kappa shape index (κ1) is 101. The fourth-order valence-electron chi connectivity index (χ4n) is 13.0. The molecule has 103 heavy (non-hydrogen) atoms. The van der Waals surface area contributed by atoms with E-state index in [1.807, 2.05) is 0 Å². The molecule has 0 aliphatic carbocycles. The molecule has 17 nitrogen and oxygen atoms in total. The summed E-state index contributed by atoms with van der Waals surface area (Å²) in [5, 5.41) is 10.7. The number of ether oxygens (including phenoxy) is 4. The number of hydrogen-bond acceptors (Lipinski definition) is 15. The topological polar surface area (TPSA) is 237 Å². The number of aliphatic hydroxyl groups excluding tert-OH is 1. The van der Waals surface area contributed by atoms with Crippen LogP contribution in [0.5, 0.6) is 0 Å². The number of hydrogen-bond donors (Lipinski definition) is 3. The van der Waals surface area contributed by atoms with Crippen molar-refractivity contribution in [2.45, 2.75) is 458 Å². The van der Waals surface area contributed by atoms with Gasteiger partial charge in [-0.3, -0.25) is 37.3 Å². The number of phosphoric ester groups is 2. The van der Waals surface area contributed by atoms with Gasteiger partial charge in [-0.1, -0.05) is 389 Å². The zero-order chi connectivity index (χ0) is 75.8. The van der Waals surface area contributed by atoms with Gasteiger partial charge in [-0.25, -0.2) is 9.13 Å². The molecule has 0 aromatic carbocycles. The van der Waals surface area contributed by atoms with Gasteiger partial charge in [-0.2, -0.15) is 0 Å². The second-order valence-corrected chi connectivity index (χ2v) is 34.6. The SMILES string of the molecule is CCCCCCCCCCCCCCCCCCCCCCCC(=O)O[C@H](COC(=O)CCCCCCCCCCCCCCCC(C)C)COP(=O)(O)OC[C@@H](O)COP(=O)(O)OC[C@@H](COC(=O)CCCCCCCCCC(C)C)OC(=O)CCCCCCCCCCCCCCCC(C)C. The molecule has 0 spiro atoms. The predicted octanol–water partition coefficient (Wildman–Crippen LogP) is 25.3. The van der Waals surface area contributed by atoms with Crippen molar-refractivity contribution in [3.8, 4) is 0 Å². The van der Waals surface area contributed by atoms with Crippen LogP contribution in [0.3, 0.4) is 0 Å². The van der Waals surface area contributed by atoms with Crippen LogP contribution in [0.25, 0.3) is 0 Å². The third kappa shape index (κ3) is 78.0. The molecule has 0 aromatic rings. The highest BCUT2D eigenvalue weighted by molar-refractivity contribution is 7.47. The summed E-state index contributed by atoms with van der Waals surface area (Å²) in [5.41, 5.74) is 0. The van der Waals surface area contributed by atoms with Crippen molar-refractivity contribution in [2.75, 3.05) is 39.6 Å².